The van der Waals surface area contributed by atoms with Crippen LogP contribution >= 0.6 is 0 Å². The Morgan fingerprint density at radius 3 is 2.89 bits per heavy atom. The maximum atomic E-state index is 9.02. The van der Waals surface area contributed by atoms with Gasteiger partial charge in [-0.25, -0.2) is 0 Å². The minimum atomic E-state index is 0.287. The van der Waals surface area contributed by atoms with E-state index >= 15 is 0 Å². The first-order chi connectivity index (χ1) is 13.3. The van der Waals surface area contributed by atoms with Crippen LogP contribution in [0.15, 0.2) is 29.3 Å². The van der Waals surface area contributed by atoms with E-state index in [0.717, 1.165) is 57.1 Å². The van der Waals surface area contributed by atoms with E-state index in [-0.39, 0.29) is 6.10 Å². The lowest BCUT2D eigenvalue weighted by Crippen LogP contribution is -2.47. The van der Waals surface area contributed by atoms with Crippen LogP contribution in [0.1, 0.15) is 43.2 Å². The summed E-state index contributed by atoms with van der Waals surface area (Å²) in [6.45, 7) is 4.15. The Bertz CT molecular complexity index is 656. The number of ether oxygens (including phenoxy) is 2. The fraction of sp³-hybridized carbons (Fsp3) is 0.619. The molecule has 0 spiro atoms. The molecule has 2 aliphatic heterocycles. The van der Waals surface area contributed by atoms with Crippen molar-refractivity contribution < 1.29 is 9.47 Å². The number of hydrogen-bond acceptors (Lipinski definition) is 4. The number of rotatable bonds is 5. The highest BCUT2D eigenvalue weighted by Gasteiger charge is 2.23. The molecule has 0 aliphatic carbocycles. The molecular formula is C21H30N4O2. The molecule has 1 unspecified atom stereocenters. The molecule has 0 radical (unpaired) electrons. The average Bonchev–Trinajstić information content (AvgIpc) is 2.74. The molecule has 3 rings (SSSR count). The zero-order valence-electron chi connectivity index (χ0n) is 16.2. The van der Waals surface area contributed by atoms with Crippen molar-refractivity contribution in [1.82, 2.24) is 10.2 Å². The number of nitrogens with one attached hydrogen (secondary N) is 1. The van der Waals surface area contributed by atoms with Gasteiger partial charge in [-0.3, -0.25) is 4.99 Å². The third-order valence-corrected chi connectivity index (χ3v) is 5.25. The summed E-state index contributed by atoms with van der Waals surface area (Å²) in [6, 6.07) is 9.85. The monoisotopic (exact) mass is 370 g/mol. The first kappa shape index (κ1) is 19.7. The summed E-state index contributed by atoms with van der Waals surface area (Å²) in [5, 5.41) is 12.4. The van der Waals surface area contributed by atoms with Gasteiger partial charge in [-0.1, -0.05) is 12.1 Å². The van der Waals surface area contributed by atoms with Crippen molar-refractivity contribution in [2.45, 2.75) is 50.9 Å². The highest BCUT2D eigenvalue weighted by atomic mass is 16.5. The Labute approximate surface area is 162 Å². The van der Waals surface area contributed by atoms with Gasteiger partial charge in [0.15, 0.2) is 5.96 Å². The van der Waals surface area contributed by atoms with Gasteiger partial charge in [0, 0.05) is 33.3 Å². The molecule has 1 atom stereocenters. The van der Waals surface area contributed by atoms with E-state index < -0.39 is 0 Å². The predicted molar refractivity (Wildman–Crippen MR) is 105 cm³/mol. The maximum Gasteiger partial charge on any atom is 0.193 e. The first-order valence-electron chi connectivity index (χ1n) is 9.96. The van der Waals surface area contributed by atoms with E-state index in [0.29, 0.717) is 18.2 Å². The summed E-state index contributed by atoms with van der Waals surface area (Å²) >= 11 is 0. The maximum absolute atomic E-state index is 9.02. The van der Waals surface area contributed by atoms with Crippen LogP contribution in [-0.4, -0.2) is 56.4 Å². The van der Waals surface area contributed by atoms with Crippen molar-refractivity contribution in [3.8, 4) is 6.07 Å². The number of hydrogen-bond donors (Lipinski definition) is 1. The summed E-state index contributed by atoms with van der Waals surface area (Å²) in [5.41, 5.74) is 1.77. The summed E-state index contributed by atoms with van der Waals surface area (Å²) < 4.78 is 11.8. The Kier molecular flexibility index (Phi) is 7.49. The SMILES string of the molecule is CN=C(NCc1cccc(C#N)c1)N1CCC(OCC2CCCCO2)CC1. The lowest BCUT2D eigenvalue weighted by molar-refractivity contribution is -0.0721. The lowest BCUT2D eigenvalue weighted by atomic mass is 10.1. The molecule has 1 aromatic carbocycles. The van der Waals surface area contributed by atoms with Crippen molar-refractivity contribution in [3.05, 3.63) is 35.4 Å². The van der Waals surface area contributed by atoms with Crippen molar-refractivity contribution >= 4 is 5.96 Å². The number of nitriles is 1. The van der Waals surface area contributed by atoms with Crippen molar-refractivity contribution in [3.63, 3.8) is 0 Å². The molecule has 0 bridgehead atoms. The number of likely N-dealkylation sites (tertiary alicyclic amines) is 1. The van der Waals surface area contributed by atoms with Gasteiger partial charge in [0.1, 0.15) is 0 Å². The molecular weight excluding hydrogens is 340 g/mol. The van der Waals surface area contributed by atoms with Gasteiger partial charge in [0.25, 0.3) is 0 Å². The molecule has 6 heteroatoms. The number of piperidine rings is 1. The van der Waals surface area contributed by atoms with Gasteiger partial charge in [-0.2, -0.15) is 5.26 Å². The minimum absolute atomic E-state index is 0.287. The van der Waals surface area contributed by atoms with Gasteiger partial charge < -0.3 is 19.7 Å². The van der Waals surface area contributed by atoms with Crippen LogP contribution in [0.2, 0.25) is 0 Å². The van der Waals surface area contributed by atoms with Crippen LogP contribution in [0.5, 0.6) is 0 Å². The topological polar surface area (TPSA) is 69.9 Å². The Hall–Kier alpha value is -2.10. The molecule has 6 nitrogen and oxygen atoms in total. The fourth-order valence-electron chi connectivity index (χ4n) is 3.68. The number of guanidine groups is 1. The number of aliphatic imine (C=N–C) groups is 1. The second-order valence-electron chi connectivity index (χ2n) is 7.22. The molecule has 2 fully saturated rings. The van der Waals surface area contributed by atoms with Gasteiger partial charge in [0.2, 0.25) is 0 Å². The Morgan fingerprint density at radius 2 is 2.19 bits per heavy atom. The van der Waals surface area contributed by atoms with E-state index in [4.69, 9.17) is 14.7 Å². The van der Waals surface area contributed by atoms with Crippen LogP contribution in [0.4, 0.5) is 0 Å². The van der Waals surface area contributed by atoms with E-state index in [1.165, 1.54) is 12.8 Å². The van der Waals surface area contributed by atoms with Crippen LogP contribution < -0.4 is 5.32 Å². The summed E-state index contributed by atoms with van der Waals surface area (Å²) in [6.07, 6.45) is 6.19. The summed E-state index contributed by atoms with van der Waals surface area (Å²) in [7, 11) is 1.82. The largest absolute Gasteiger partial charge is 0.376 e. The first-order valence-corrected chi connectivity index (χ1v) is 9.96. The minimum Gasteiger partial charge on any atom is -0.376 e. The lowest BCUT2D eigenvalue weighted by Gasteiger charge is -2.35. The predicted octanol–water partition coefficient (Wildman–Crippen LogP) is 2.68. The van der Waals surface area contributed by atoms with Crippen LogP contribution in [0.25, 0.3) is 0 Å². The van der Waals surface area contributed by atoms with Crippen molar-refractivity contribution in [1.29, 1.82) is 5.26 Å². The molecule has 2 saturated heterocycles. The fourth-order valence-corrected chi connectivity index (χ4v) is 3.68. The Morgan fingerprint density at radius 1 is 1.33 bits per heavy atom. The zero-order valence-corrected chi connectivity index (χ0v) is 16.2. The molecule has 146 valence electrons. The van der Waals surface area contributed by atoms with Crippen LogP contribution in [0, 0.1) is 11.3 Å². The Balaban J connectivity index is 1.41. The van der Waals surface area contributed by atoms with Crippen LogP contribution in [0.3, 0.4) is 0 Å². The van der Waals surface area contributed by atoms with Crippen molar-refractivity contribution in [2.75, 3.05) is 33.4 Å². The molecule has 0 saturated carbocycles. The van der Waals surface area contributed by atoms with E-state index in [1.807, 2.05) is 31.3 Å². The van der Waals surface area contributed by atoms with Crippen molar-refractivity contribution in [2.24, 2.45) is 4.99 Å². The van der Waals surface area contributed by atoms with Crippen LogP contribution in [-0.2, 0) is 16.0 Å². The molecule has 0 amide bonds. The molecule has 1 N–H and O–H groups in total. The standard InChI is InChI=1S/C21H30N4O2/c1-23-21(24-15-18-6-4-5-17(13-18)14-22)25-10-8-19(9-11-25)27-16-20-7-2-3-12-26-20/h4-6,13,19-20H,2-3,7-12,15-16H2,1H3,(H,23,24). The smallest absolute Gasteiger partial charge is 0.193 e. The zero-order chi connectivity index (χ0) is 18.9. The molecule has 2 heterocycles. The molecule has 2 aliphatic rings. The highest BCUT2D eigenvalue weighted by molar-refractivity contribution is 5.80. The highest BCUT2D eigenvalue weighted by Crippen LogP contribution is 2.18. The summed E-state index contributed by atoms with van der Waals surface area (Å²) in [4.78, 5) is 6.70. The number of benzene rings is 1. The average molecular weight is 370 g/mol. The molecule has 27 heavy (non-hydrogen) atoms. The van der Waals surface area contributed by atoms with E-state index in [1.54, 1.807) is 0 Å². The summed E-state index contributed by atoms with van der Waals surface area (Å²) in [5.74, 6) is 0.909. The third-order valence-electron chi connectivity index (χ3n) is 5.25. The van der Waals surface area contributed by atoms with Gasteiger partial charge in [-0.15, -0.1) is 0 Å². The van der Waals surface area contributed by atoms with Gasteiger partial charge in [-0.05, 0) is 49.8 Å². The third kappa shape index (κ3) is 5.95. The van der Waals surface area contributed by atoms with E-state index in [2.05, 4.69) is 21.3 Å². The number of nitrogens with zero attached hydrogens (tertiary/aromatic N) is 3. The second kappa shape index (κ2) is 10.3. The molecule has 1 aromatic rings. The van der Waals surface area contributed by atoms with E-state index in [9.17, 15) is 0 Å². The second-order valence-corrected chi connectivity index (χ2v) is 7.22. The molecule has 0 aromatic heterocycles. The van der Waals surface area contributed by atoms with Gasteiger partial charge in [0.05, 0.1) is 30.4 Å². The van der Waals surface area contributed by atoms with Gasteiger partial charge >= 0.3 is 0 Å². The normalized spacial score (nSPS) is 21.7. The quantitative estimate of drug-likeness (QED) is 0.637.